The van der Waals surface area contributed by atoms with Gasteiger partial charge in [-0.2, -0.15) is 0 Å². The van der Waals surface area contributed by atoms with Gasteiger partial charge in [-0.25, -0.2) is 18.0 Å². The number of rotatable bonds is 4. The Morgan fingerprint density at radius 2 is 1.82 bits per heavy atom. The van der Waals surface area contributed by atoms with Crippen molar-refractivity contribution in [2.45, 2.75) is 12.5 Å². The predicted octanol–water partition coefficient (Wildman–Crippen LogP) is 1.35. The van der Waals surface area contributed by atoms with Crippen LogP contribution in [-0.4, -0.2) is 28.3 Å². The molecule has 1 unspecified atom stereocenters. The van der Waals surface area contributed by atoms with Crippen LogP contribution in [-0.2, 0) is 4.79 Å². The third kappa shape index (κ3) is 3.10. The van der Waals surface area contributed by atoms with Crippen molar-refractivity contribution in [2.75, 3.05) is 11.9 Å². The van der Waals surface area contributed by atoms with Gasteiger partial charge in [0.1, 0.15) is 11.5 Å². The molecular weight excluding hydrogens is 239 g/mol. The molecule has 0 bridgehead atoms. The van der Waals surface area contributed by atoms with E-state index in [1.807, 2.05) is 0 Å². The highest BCUT2D eigenvalue weighted by molar-refractivity contribution is 5.77. The van der Waals surface area contributed by atoms with Crippen LogP contribution in [0.25, 0.3) is 0 Å². The first kappa shape index (κ1) is 13.3. The smallest absolute Gasteiger partial charge is 0.337 e. The fourth-order valence-electron chi connectivity index (χ4n) is 1.05. The van der Waals surface area contributed by atoms with Gasteiger partial charge >= 0.3 is 5.97 Å². The highest BCUT2D eigenvalue weighted by atomic mass is 19.1. The number of hydrogen-bond acceptors (Lipinski definition) is 3. The molecule has 0 radical (unpaired) electrons. The van der Waals surface area contributed by atoms with Crippen LogP contribution in [0.5, 0.6) is 0 Å². The summed E-state index contributed by atoms with van der Waals surface area (Å²) in [5, 5.41) is 20.0. The van der Waals surface area contributed by atoms with Crippen LogP contribution < -0.4 is 5.32 Å². The molecule has 0 saturated carbocycles. The topological polar surface area (TPSA) is 69.6 Å². The summed E-state index contributed by atoms with van der Waals surface area (Å²) in [6.07, 6.45) is 0. The van der Waals surface area contributed by atoms with Crippen LogP contribution in [0.1, 0.15) is 6.92 Å². The maximum atomic E-state index is 13.1. The Kier molecular flexibility index (Phi) is 3.62. The molecule has 0 saturated heterocycles. The molecule has 1 atom stereocenters. The van der Waals surface area contributed by atoms with Crippen molar-refractivity contribution in [2.24, 2.45) is 0 Å². The second kappa shape index (κ2) is 4.62. The van der Waals surface area contributed by atoms with Crippen LogP contribution in [0, 0.1) is 17.5 Å². The van der Waals surface area contributed by atoms with Crippen molar-refractivity contribution in [3.8, 4) is 0 Å². The zero-order valence-corrected chi connectivity index (χ0v) is 8.80. The van der Waals surface area contributed by atoms with Gasteiger partial charge in [0, 0.05) is 12.1 Å². The number of aliphatic carboxylic acids is 1. The highest BCUT2D eigenvalue weighted by Crippen LogP contribution is 2.20. The quantitative estimate of drug-likeness (QED) is 0.753. The van der Waals surface area contributed by atoms with Gasteiger partial charge < -0.3 is 15.5 Å². The number of carboxylic acid groups (broad SMARTS) is 1. The summed E-state index contributed by atoms with van der Waals surface area (Å²) in [4.78, 5) is 10.5. The van der Waals surface area contributed by atoms with Crippen molar-refractivity contribution >= 4 is 11.7 Å². The van der Waals surface area contributed by atoms with Crippen LogP contribution in [0.15, 0.2) is 12.1 Å². The zero-order valence-electron chi connectivity index (χ0n) is 8.80. The molecule has 1 aromatic rings. The lowest BCUT2D eigenvalue weighted by Gasteiger charge is -2.19. The SMILES string of the molecule is CC(O)(CNc1c(F)cc(F)cc1F)C(=O)O. The average molecular weight is 249 g/mol. The van der Waals surface area contributed by atoms with Gasteiger partial charge in [-0.3, -0.25) is 0 Å². The van der Waals surface area contributed by atoms with E-state index in [1.54, 1.807) is 0 Å². The minimum atomic E-state index is -2.19. The van der Waals surface area contributed by atoms with E-state index in [4.69, 9.17) is 5.11 Å². The molecule has 0 amide bonds. The lowest BCUT2D eigenvalue weighted by Crippen LogP contribution is -2.42. The summed E-state index contributed by atoms with van der Waals surface area (Å²) in [6.45, 7) is 0.337. The van der Waals surface area contributed by atoms with Gasteiger partial charge in [0.25, 0.3) is 0 Å². The molecule has 0 aromatic heterocycles. The third-order valence-corrected chi connectivity index (χ3v) is 2.08. The minimum absolute atomic E-state index is 0.445. The zero-order chi connectivity index (χ0) is 13.2. The normalized spacial score (nSPS) is 14.2. The van der Waals surface area contributed by atoms with Gasteiger partial charge in [-0.15, -0.1) is 0 Å². The van der Waals surface area contributed by atoms with Crippen LogP contribution in [0.3, 0.4) is 0 Å². The molecular formula is C10H10F3NO3. The molecule has 0 aliphatic carbocycles. The number of anilines is 1. The van der Waals surface area contributed by atoms with E-state index in [9.17, 15) is 23.1 Å². The molecule has 4 nitrogen and oxygen atoms in total. The number of carbonyl (C=O) groups is 1. The Morgan fingerprint density at radius 1 is 1.35 bits per heavy atom. The number of carboxylic acids is 1. The third-order valence-electron chi connectivity index (χ3n) is 2.08. The Morgan fingerprint density at radius 3 is 2.24 bits per heavy atom. The van der Waals surface area contributed by atoms with E-state index < -0.39 is 41.3 Å². The van der Waals surface area contributed by atoms with Crippen molar-refractivity contribution < 1.29 is 28.2 Å². The fraction of sp³-hybridized carbons (Fsp3) is 0.300. The molecule has 0 spiro atoms. The molecule has 0 aliphatic heterocycles. The van der Waals surface area contributed by atoms with Gasteiger partial charge in [0.15, 0.2) is 17.2 Å². The van der Waals surface area contributed by atoms with Crippen LogP contribution >= 0.6 is 0 Å². The predicted molar refractivity (Wildman–Crippen MR) is 53.1 cm³/mol. The summed E-state index contributed by atoms with van der Waals surface area (Å²) in [5.41, 5.74) is -2.87. The molecule has 0 aliphatic rings. The van der Waals surface area contributed by atoms with E-state index >= 15 is 0 Å². The van der Waals surface area contributed by atoms with Gasteiger partial charge in [0.2, 0.25) is 0 Å². The largest absolute Gasteiger partial charge is 0.479 e. The fourth-order valence-corrected chi connectivity index (χ4v) is 1.05. The van der Waals surface area contributed by atoms with Crippen molar-refractivity contribution in [1.29, 1.82) is 0 Å². The summed E-state index contributed by atoms with van der Waals surface area (Å²) >= 11 is 0. The Balaban J connectivity index is 2.87. The van der Waals surface area contributed by atoms with Crippen LogP contribution in [0.2, 0.25) is 0 Å². The van der Waals surface area contributed by atoms with E-state index in [1.165, 1.54) is 0 Å². The second-order valence-electron chi connectivity index (χ2n) is 3.68. The molecule has 94 valence electrons. The lowest BCUT2D eigenvalue weighted by atomic mass is 10.1. The Bertz CT molecular complexity index is 425. The van der Waals surface area contributed by atoms with Gasteiger partial charge in [-0.1, -0.05) is 0 Å². The highest BCUT2D eigenvalue weighted by Gasteiger charge is 2.30. The maximum absolute atomic E-state index is 13.1. The Hall–Kier alpha value is -1.76. The van der Waals surface area contributed by atoms with Crippen molar-refractivity contribution in [1.82, 2.24) is 0 Å². The number of aliphatic hydroxyl groups is 1. The minimum Gasteiger partial charge on any atom is -0.479 e. The first-order chi connectivity index (χ1) is 7.74. The summed E-state index contributed by atoms with van der Waals surface area (Å²) in [7, 11) is 0. The standard InChI is InChI=1S/C10H10F3NO3/c1-10(17,9(15)16)4-14-8-6(12)2-5(11)3-7(8)13/h2-3,14,17H,4H2,1H3,(H,15,16). The second-order valence-corrected chi connectivity index (χ2v) is 3.68. The monoisotopic (exact) mass is 249 g/mol. The van der Waals surface area contributed by atoms with Crippen molar-refractivity contribution in [3.63, 3.8) is 0 Å². The van der Waals surface area contributed by atoms with Crippen LogP contribution in [0.4, 0.5) is 18.9 Å². The average Bonchev–Trinajstić information content (AvgIpc) is 2.15. The van der Waals surface area contributed by atoms with Gasteiger partial charge in [0.05, 0.1) is 6.54 Å². The van der Waals surface area contributed by atoms with Crippen molar-refractivity contribution in [3.05, 3.63) is 29.6 Å². The molecule has 7 heteroatoms. The Labute approximate surface area is 94.7 Å². The maximum Gasteiger partial charge on any atom is 0.337 e. The first-order valence-corrected chi connectivity index (χ1v) is 4.58. The number of benzene rings is 1. The van der Waals surface area contributed by atoms with E-state index in [0.29, 0.717) is 12.1 Å². The number of nitrogens with one attached hydrogen (secondary N) is 1. The molecule has 1 rings (SSSR count). The number of halogens is 3. The van der Waals surface area contributed by atoms with E-state index in [-0.39, 0.29) is 0 Å². The lowest BCUT2D eigenvalue weighted by molar-refractivity contribution is -0.155. The molecule has 0 heterocycles. The van der Waals surface area contributed by atoms with E-state index in [2.05, 4.69) is 5.32 Å². The first-order valence-electron chi connectivity index (χ1n) is 4.58. The summed E-state index contributed by atoms with van der Waals surface area (Å²) < 4.78 is 38.8. The molecule has 3 N–H and O–H groups in total. The summed E-state index contributed by atoms with van der Waals surface area (Å²) in [6, 6.07) is 0.891. The molecule has 0 fully saturated rings. The van der Waals surface area contributed by atoms with Gasteiger partial charge in [-0.05, 0) is 6.92 Å². The molecule has 1 aromatic carbocycles. The number of hydrogen-bond donors (Lipinski definition) is 3. The summed E-state index contributed by atoms with van der Waals surface area (Å²) in [5.74, 6) is -5.05. The molecule has 17 heavy (non-hydrogen) atoms. The van der Waals surface area contributed by atoms with E-state index in [0.717, 1.165) is 6.92 Å².